The molecule has 0 aliphatic carbocycles. The molecule has 0 atom stereocenters. The van der Waals surface area contributed by atoms with Crippen LogP contribution in [0, 0.1) is 23.5 Å². The van der Waals surface area contributed by atoms with Crippen molar-refractivity contribution in [2.24, 2.45) is 0 Å². The molecule has 2 N–H and O–H groups in total. The van der Waals surface area contributed by atoms with Gasteiger partial charge in [-0.25, -0.2) is 18.4 Å². The van der Waals surface area contributed by atoms with Crippen molar-refractivity contribution in [3.63, 3.8) is 0 Å². The van der Waals surface area contributed by atoms with Crippen LogP contribution in [0.15, 0.2) is 12.1 Å². The summed E-state index contributed by atoms with van der Waals surface area (Å²) in [5.41, 5.74) is -1.60. The number of ether oxygens (including phenoxy) is 1. The number of carboxylic acids is 1. The van der Waals surface area contributed by atoms with Crippen LogP contribution in [-0.4, -0.2) is 29.3 Å². The topological polar surface area (TPSA) is 75.6 Å². The molecule has 0 saturated heterocycles. The maximum absolute atomic E-state index is 13.5. The average Bonchev–Trinajstić information content (AvgIpc) is 2.33. The van der Waals surface area contributed by atoms with Gasteiger partial charge in [0.2, 0.25) is 0 Å². The van der Waals surface area contributed by atoms with Crippen molar-refractivity contribution < 1.29 is 28.2 Å². The summed E-state index contributed by atoms with van der Waals surface area (Å²) in [5, 5.41) is 11.1. The number of halogens is 2. The summed E-state index contributed by atoms with van der Waals surface area (Å²) in [6.07, 6.45) is -0.687. The van der Waals surface area contributed by atoms with E-state index in [0.29, 0.717) is 6.07 Å². The fourth-order valence-corrected chi connectivity index (χ4v) is 1.38. The van der Waals surface area contributed by atoms with Gasteiger partial charge in [0.15, 0.2) is 0 Å². The zero-order valence-corrected chi connectivity index (χ0v) is 12.3. The Hall–Kier alpha value is -2.62. The van der Waals surface area contributed by atoms with Crippen LogP contribution in [0.3, 0.4) is 0 Å². The third-order valence-corrected chi connectivity index (χ3v) is 2.23. The molecule has 1 rings (SSSR count). The molecular formula is C15H15F2NO4. The third-order valence-electron chi connectivity index (χ3n) is 2.23. The van der Waals surface area contributed by atoms with E-state index in [-0.39, 0.29) is 12.1 Å². The zero-order valence-electron chi connectivity index (χ0n) is 12.3. The van der Waals surface area contributed by atoms with Gasteiger partial charge in [-0.05, 0) is 26.8 Å². The Balaban J connectivity index is 2.75. The number of alkyl carbamates (subject to hydrolysis) is 1. The van der Waals surface area contributed by atoms with Crippen LogP contribution in [0.5, 0.6) is 0 Å². The van der Waals surface area contributed by atoms with E-state index in [1.54, 1.807) is 20.8 Å². The predicted molar refractivity (Wildman–Crippen MR) is 74.4 cm³/mol. The molecule has 5 nitrogen and oxygen atoms in total. The van der Waals surface area contributed by atoms with E-state index in [2.05, 4.69) is 17.2 Å². The van der Waals surface area contributed by atoms with Crippen LogP contribution in [-0.2, 0) is 4.74 Å². The lowest BCUT2D eigenvalue weighted by Crippen LogP contribution is -2.32. The van der Waals surface area contributed by atoms with Crippen LogP contribution in [0.2, 0.25) is 0 Å². The minimum Gasteiger partial charge on any atom is -0.478 e. The highest BCUT2D eigenvalue weighted by atomic mass is 19.1. The van der Waals surface area contributed by atoms with Gasteiger partial charge < -0.3 is 15.2 Å². The Kier molecular flexibility index (Phi) is 5.46. The van der Waals surface area contributed by atoms with Crippen molar-refractivity contribution in [2.75, 3.05) is 6.54 Å². The van der Waals surface area contributed by atoms with E-state index in [4.69, 9.17) is 9.84 Å². The Bertz CT molecular complexity index is 654. The van der Waals surface area contributed by atoms with Gasteiger partial charge in [0.05, 0.1) is 17.7 Å². The lowest BCUT2D eigenvalue weighted by Gasteiger charge is -2.18. The van der Waals surface area contributed by atoms with Crippen molar-refractivity contribution in [3.8, 4) is 11.8 Å². The van der Waals surface area contributed by atoms with Crippen molar-refractivity contribution in [1.29, 1.82) is 0 Å². The number of nitrogens with one attached hydrogen (secondary N) is 1. The number of rotatable bonds is 2. The molecule has 0 aromatic heterocycles. The molecule has 0 heterocycles. The molecule has 1 aromatic carbocycles. The van der Waals surface area contributed by atoms with Crippen molar-refractivity contribution in [3.05, 3.63) is 34.9 Å². The van der Waals surface area contributed by atoms with E-state index in [0.717, 1.165) is 6.07 Å². The van der Waals surface area contributed by atoms with Gasteiger partial charge in [-0.15, -0.1) is 0 Å². The smallest absolute Gasteiger partial charge is 0.408 e. The first kappa shape index (κ1) is 17.4. The van der Waals surface area contributed by atoms with Crippen molar-refractivity contribution >= 4 is 12.1 Å². The number of carbonyl (C=O) groups excluding carboxylic acids is 1. The molecule has 0 bridgehead atoms. The standard InChI is InChI=1S/C15H15F2NO4/c1-15(2,3)22-14(21)18-6-4-5-9-7-10(13(19)20)12(17)8-11(9)16/h7-8H,6H2,1-3H3,(H,18,21)(H,19,20). The second-order valence-corrected chi connectivity index (χ2v) is 5.27. The third kappa shape index (κ3) is 5.40. The van der Waals surface area contributed by atoms with Crippen LogP contribution >= 0.6 is 0 Å². The van der Waals surface area contributed by atoms with E-state index < -0.39 is 34.9 Å². The molecule has 118 valence electrons. The molecule has 0 unspecified atom stereocenters. The second-order valence-electron chi connectivity index (χ2n) is 5.27. The maximum Gasteiger partial charge on any atom is 0.408 e. The van der Waals surface area contributed by atoms with Gasteiger partial charge in [-0.1, -0.05) is 11.8 Å². The molecule has 1 aromatic rings. The van der Waals surface area contributed by atoms with Crippen LogP contribution in [0.4, 0.5) is 13.6 Å². The Morgan fingerprint density at radius 1 is 1.27 bits per heavy atom. The van der Waals surface area contributed by atoms with Crippen LogP contribution in [0.1, 0.15) is 36.7 Å². The molecule has 7 heteroatoms. The number of hydrogen-bond donors (Lipinski definition) is 2. The first-order valence-corrected chi connectivity index (χ1v) is 6.28. The summed E-state index contributed by atoms with van der Waals surface area (Å²) in [4.78, 5) is 22.1. The molecule has 0 aliphatic rings. The summed E-state index contributed by atoms with van der Waals surface area (Å²) < 4.78 is 31.6. The summed E-state index contributed by atoms with van der Waals surface area (Å²) in [6.45, 7) is 4.95. The summed E-state index contributed by atoms with van der Waals surface area (Å²) in [7, 11) is 0. The predicted octanol–water partition coefficient (Wildman–Crippen LogP) is 2.54. The number of amides is 1. The molecular weight excluding hydrogens is 296 g/mol. The first-order chi connectivity index (χ1) is 10.1. The maximum atomic E-state index is 13.5. The minimum absolute atomic E-state index is 0.131. The van der Waals surface area contributed by atoms with Crippen LogP contribution < -0.4 is 5.32 Å². The molecule has 0 spiro atoms. The molecule has 0 fully saturated rings. The highest BCUT2D eigenvalue weighted by Crippen LogP contribution is 2.14. The number of aromatic carboxylic acids is 1. The molecule has 0 radical (unpaired) electrons. The largest absolute Gasteiger partial charge is 0.478 e. The number of carbonyl (C=O) groups is 2. The van der Waals surface area contributed by atoms with Gasteiger partial charge in [-0.2, -0.15) is 0 Å². The fraction of sp³-hybridized carbons (Fsp3) is 0.333. The summed E-state index contributed by atoms with van der Waals surface area (Å²) in [6, 6.07) is 1.25. The lowest BCUT2D eigenvalue weighted by molar-refractivity contribution is 0.0534. The monoisotopic (exact) mass is 311 g/mol. The Morgan fingerprint density at radius 2 is 1.91 bits per heavy atom. The summed E-state index contributed by atoms with van der Waals surface area (Å²) >= 11 is 0. The quantitative estimate of drug-likeness (QED) is 0.823. The molecule has 22 heavy (non-hydrogen) atoms. The zero-order chi connectivity index (χ0) is 16.9. The van der Waals surface area contributed by atoms with Gasteiger partial charge in [-0.3, -0.25) is 0 Å². The highest BCUT2D eigenvalue weighted by molar-refractivity contribution is 5.88. The van der Waals surface area contributed by atoms with Gasteiger partial charge >= 0.3 is 12.1 Å². The second kappa shape index (κ2) is 6.89. The Morgan fingerprint density at radius 3 is 2.45 bits per heavy atom. The first-order valence-electron chi connectivity index (χ1n) is 6.28. The highest BCUT2D eigenvalue weighted by Gasteiger charge is 2.15. The Labute approximate surface area is 126 Å². The van der Waals surface area contributed by atoms with Gasteiger partial charge in [0.25, 0.3) is 0 Å². The number of hydrogen-bond acceptors (Lipinski definition) is 3. The normalized spacial score (nSPS) is 10.4. The lowest BCUT2D eigenvalue weighted by atomic mass is 10.1. The van der Waals surface area contributed by atoms with E-state index in [1.807, 2.05) is 0 Å². The van der Waals surface area contributed by atoms with Crippen molar-refractivity contribution in [1.82, 2.24) is 5.32 Å². The van der Waals surface area contributed by atoms with Gasteiger partial charge in [0, 0.05) is 6.07 Å². The van der Waals surface area contributed by atoms with Crippen molar-refractivity contribution in [2.45, 2.75) is 26.4 Å². The molecule has 0 saturated carbocycles. The summed E-state index contributed by atoms with van der Waals surface area (Å²) in [5.74, 6) is 1.08. The number of carboxylic acid groups (broad SMARTS) is 1. The SMILES string of the molecule is CC(C)(C)OC(=O)NCC#Cc1cc(C(=O)O)c(F)cc1F. The van der Waals surface area contributed by atoms with E-state index >= 15 is 0 Å². The average molecular weight is 311 g/mol. The van der Waals surface area contributed by atoms with E-state index in [1.165, 1.54) is 0 Å². The fourth-order valence-electron chi connectivity index (χ4n) is 1.38. The van der Waals surface area contributed by atoms with Crippen LogP contribution in [0.25, 0.3) is 0 Å². The van der Waals surface area contributed by atoms with Gasteiger partial charge in [0.1, 0.15) is 17.2 Å². The molecule has 0 aliphatic heterocycles. The van der Waals surface area contributed by atoms with E-state index in [9.17, 15) is 18.4 Å². The number of benzene rings is 1. The minimum atomic E-state index is -1.52. The molecule has 1 amide bonds.